The third-order valence-corrected chi connectivity index (χ3v) is 6.59. The Hall–Kier alpha value is -0.650. The summed E-state index contributed by atoms with van der Waals surface area (Å²) in [6, 6.07) is 0. The average Bonchev–Trinajstić information content (AvgIpc) is 3.27. The Labute approximate surface area is 211 Å². The molecule has 3 atom stereocenters. The highest BCUT2D eigenvalue weighted by Crippen LogP contribution is 2.21. The molecular formula is C23H44IN5O3. The molecule has 1 N–H and O–H groups in total. The van der Waals surface area contributed by atoms with Crippen molar-refractivity contribution < 1.29 is 14.3 Å². The quantitative estimate of drug-likeness (QED) is 0.210. The van der Waals surface area contributed by atoms with Gasteiger partial charge in [-0.05, 0) is 31.1 Å². The van der Waals surface area contributed by atoms with Gasteiger partial charge in [-0.25, -0.2) is 0 Å². The summed E-state index contributed by atoms with van der Waals surface area (Å²) in [7, 11) is 1.84. The molecule has 3 unspecified atom stereocenters. The highest BCUT2D eigenvalue weighted by molar-refractivity contribution is 14.0. The number of guanidine groups is 1. The number of aliphatic imine (C=N–C) groups is 1. The molecule has 8 nitrogen and oxygen atoms in total. The SMILES string of the molecule is CN=C(NCCCOCC1CCOC1)N1CCN(CC(=O)N2CC(C)CC(C)C2)CC1.I. The van der Waals surface area contributed by atoms with Gasteiger partial charge >= 0.3 is 0 Å². The van der Waals surface area contributed by atoms with Gasteiger partial charge in [0.1, 0.15) is 0 Å². The molecule has 3 aliphatic rings. The lowest BCUT2D eigenvalue weighted by Gasteiger charge is -2.39. The van der Waals surface area contributed by atoms with E-state index < -0.39 is 0 Å². The standard InChI is InChI=1S/C23H43N5O3.HI/c1-19-13-20(2)15-28(14-19)22(29)16-26-7-9-27(10-8-26)23(24-3)25-6-4-11-30-17-21-5-12-31-18-21;/h19-21H,4-18H2,1-3H3,(H,24,25);1H. The van der Waals surface area contributed by atoms with Gasteiger partial charge in [-0.2, -0.15) is 0 Å². The summed E-state index contributed by atoms with van der Waals surface area (Å²) in [6.07, 6.45) is 3.32. The van der Waals surface area contributed by atoms with Crippen LogP contribution in [-0.4, -0.2) is 112 Å². The molecule has 3 saturated heterocycles. The molecule has 186 valence electrons. The van der Waals surface area contributed by atoms with Crippen molar-refractivity contribution in [3.05, 3.63) is 0 Å². The molecule has 3 heterocycles. The molecule has 3 aliphatic heterocycles. The van der Waals surface area contributed by atoms with Gasteiger partial charge in [0.05, 0.1) is 19.8 Å². The van der Waals surface area contributed by atoms with E-state index in [0.717, 1.165) is 91.0 Å². The van der Waals surface area contributed by atoms with E-state index in [1.165, 1.54) is 6.42 Å². The van der Waals surface area contributed by atoms with Crippen molar-refractivity contribution in [3.63, 3.8) is 0 Å². The fraction of sp³-hybridized carbons (Fsp3) is 0.913. The maximum absolute atomic E-state index is 12.8. The van der Waals surface area contributed by atoms with Gasteiger partial charge in [-0.15, -0.1) is 24.0 Å². The molecule has 3 fully saturated rings. The number of amides is 1. The summed E-state index contributed by atoms with van der Waals surface area (Å²) < 4.78 is 11.2. The smallest absolute Gasteiger partial charge is 0.236 e. The number of piperidine rings is 1. The van der Waals surface area contributed by atoms with Crippen molar-refractivity contribution in [1.29, 1.82) is 0 Å². The number of halogens is 1. The Bertz CT molecular complexity index is 570. The molecule has 0 saturated carbocycles. The first-order chi connectivity index (χ1) is 15.0. The molecule has 3 rings (SSSR count). The lowest BCUT2D eigenvalue weighted by Crippen LogP contribution is -2.55. The third-order valence-electron chi connectivity index (χ3n) is 6.59. The Balaban J connectivity index is 0.00000363. The van der Waals surface area contributed by atoms with Gasteiger partial charge < -0.3 is 24.6 Å². The van der Waals surface area contributed by atoms with Crippen LogP contribution in [0.15, 0.2) is 4.99 Å². The van der Waals surface area contributed by atoms with E-state index in [1.807, 2.05) is 7.05 Å². The minimum atomic E-state index is 0. The van der Waals surface area contributed by atoms with Gasteiger partial charge in [-0.3, -0.25) is 14.7 Å². The monoisotopic (exact) mass is 565 g/mol. The second-order valence-corrected chi connectivity index (χ2v) is 9.64. The second-order valence-electron chi connectivity index (χ2n) is 9.64. The first-order valence-corrected chi connectivity index (χ1v) is 12.2. The molecule has 0 spiro atoms. The zero-order valence-corrected chi connectivity index (χ0v) is 22.6. The van der Waals surface area contributed by atoms with E-state index in [0.29, 0.717) is 30.2 Å². The van der Waals surface area contributed by atoms with Crippen LogP contribution in [0.3, 0.4) is 0 Å². The van der Waals surface area contributed by atoms with Gasteiger partial charge in [0.25, 0.3) is 0 Å². The number of hydrogen-bond acceptors (Lipinski definition) is 5. The first kappa shape index (κ1) is 27.6. The third kappa shape index (κ3) is 8.95. The van der Waals surface area contributed by atoms with Crippen LogP contribution in [0.4, 0.5) is 0 Å². The highest BCUT2D eigenvalue weighted by atomic mass is 127. The maximum Gasteiger partial charge on any atom is 0.236 e. The van der Waals surface area contributed by atoms with Crippen molar-refractivity contribution in [3.8, 4) is 0 Å². The summed E-state index contributed by atoms with van der Waals surface area (Å²) >= 11 is 0. The number of carbonyl (C=O) groups is 1. The maximum atomic E-state index is 12.8. The minimum absolute atomic E-state index is 0. The summed E-state index contributed by atoms with van der Waals surface area (Å²) in [5.41, 5.74) is 0. The number of ether oxygens (including phenoxy) is 2. The van der Waals surface area contributed by atoms with Crippen LogP contribution in [0, 0.1) is 17.8 Å². The second kappa shape index (κ2) is 14.6. The number of hydrogen-bond donors (Lipinski definition) is 1. The van der Waals surface area contributed by atoms with Gasteiger partial charge in [0.15, 0.2) is 5.96 Å². The number of nitrogens with zero attached hydrogens (tertiary/aromatic N) is 4. The molecule has 0 radical (unpaired) electrons. The van der Waals surface area contributed by atoms with Crippen LogP contribution in [0.2, 0.25) is 0 Å². The molecule has 32 heavy (non-hydrogen) atoms. The van der Waals surface area contributed by atoms with Crippen LogP contribution >= 0.6 is 24.0 Å². The molecule has 9 heteroatoms. The van der Waals surface area contributed by atoms with Crippen molar-refractivity contribution in [2.24, 2.45) is 22.7 Å². The van der Waals surface area contributed by atoms with E-state index in [4.69, 9.17) is 9.47 Å². The molecule has 1 amide bonds. The highest BCUT2D eigenvalue weighted by Gasteiger charge is 2.28. The van der Waals surface area contributed by atoms with E-state index in [2.05, 4.69) is 38.9 Å². The predicted molar refractivity (Wildman–Crippen MR) is 139 cm³/mol. The van der Waals surface area contributed by atoms with Gasteiger partial charge in [0.2, 0.25) is 5.91 Å². The number of rotatable bonds is 8. The zero-order chi connectivity index (χ0) is 22.1. The summed E-state index contributed by atoms with van der Waals surface area (Å²) in [6.45, 7) is 14.6. The summed E-state index contributed by atoms with van der Waals surface area (Å²) in [5.74, 6) is 3.04. The fourth-order valence-electron chi connectivity index (χ4n) is 4.95. The Kier molecular flexibility index (Phi) is 12.6. The van der Waals surface area contributed by atoms with E-state index in [-0.39, 0.29) is 24.0 Å². The topological polar surface area (TPSA) is 69.6 Å². The minimum Gasteiger partial charge on any atom is -0.381 e. The van der Waals surface area contributed by atoms with Crippen LogP contribution in [0.25, 0.3) is 0 Å². The lowest BCUT2D eigenvalue weighted by atomic mass is 9.92. The Morgan fingerprint density at radius 1 is 1.12 bits per heavy atom. The lowest BCUT2D eigenvalue weighted by molar-refractivity contribution is -0.135. The summed E-state index contributed by atoms with van der Waals surface area (Å²) in [5, 5.41) is 3.46. The fourth-order valence-corrected chi connectivity index (χ4v) is 4.95. The number of nitrogens with one attached hydrogen (secondary N) is 1. The molecule has 0 aromatic heterocycles. The van der Waals surface area contributed by atoms with Crippen LogP contribution in [0.5, 0.6) is 0 Å². The van der Waals surface area contributed by atoms with Gasteiger partial charge in [0, 0.05) is 72.0 Å². The predicted octanol–water partition coefficient (Wildman–Crippen LogP) is 1.75. The van der Waals surface area contributed by atoms with Crippen LogP contribution in [-0.2, 0) is 14.3 Å². The number of likely N-dealkylation sites (tertiary alicyclic amines) is 1. The molecule has 0 bridgehead atoms. The normalized spacial score (nSPS) is 27.3. The zero-order valence-electron chi connectivity index (χ0n) is 20.3. The van der Waals surface area contributed by atoms with E-state index in [1.54, 1.807) is 0 Å². The van der Waals surface area contributed by atoms with Gasteiger partial charge in [-0.1, -0.05) is 13.8 Å². The molecule has 0 aliphatic carbocycles. The van der Waals surface area contributed by atoms with Crippen molar-refractivity contribution >= 4 is 35.8 Å². The van der Waals surface area contributed by atoms with Crippen LogP contribution < -0.4 is 5.32 Å². The molecular weight excluding hydrogens is 521 g/mol. The van der Waals surface area contributed by atoms with Crippen molar-refractivity contribution in [2.75, 3.05) is 85.8 Å². The summed E-state index contributed by atoms with van der Waals surface area (Å²) in [4.78, 5) is 23.9. The first-order valence-electron chi connectivity index (χ1n) is 12.2. The Morgan fingerprint density at radius 3 is 2.47 bits per heavy atom. The van der Waals surface area contributed by atoms with E-state index in [9.17, 15) is 4.79 Å². The Morgan fingerprint density at radius 2 is 1.84 bits per heavy atom. The van der Waals surface area contributed by atoms with Crippen molar-refractivity contribution in [2.45, 2.75) is 33.1 Å². The largest absolute Gasteiger partial charge is 0.381 e. The van der Waals surface area contributed by atoms with Crippen LogP contribution in [0.1, 0.15) is 33.1 Å². The number of carbonyl (C=O) groups excluding carboxylic acids is 1. The number of piperazine rings is 1. The van der Waals surface area contributed by atoms with E-state index >= 15 is 0 Å². The van der Waals surface area contributed by atoms with Crippen molar-refractivity contribution in [1.82, 2.24) is 20.0 Å². The molecule has 0 aromatic carbocycles. The molecule has 0 aromatic rings. The average molecular weight is 566 g/mol.